The van der Waals surface area contributed by atoms with Crippen LogP contribution < -0.4 is 5.32 Å². The topological polar surface area (TPSA) is 105 Å². The van der Waals surface area contributed by atoms with Gasteiger partial charge in [0.2, 0.25) is 5.91 Å². The lowest BCUT2D eigenvalue weighted by atomic mass is 10.0. The highest BCUT2D eigenvalue weighted by Gasteiger charge is 2.28. The monoisotopic (exact) mass is 720 g/mol. The third-order valence-electron chi connectivity index (χ3n) is 7.66. The highest BCUT2D eigenvalue weighted by molar-refractivity contribution is 7.47. The molecule has 0 fully saturated rings. The number of quaternary nitrogens is 1. The normalized spacial score (nSPS) is 15.6. The van der Waals surface area contributed by atoms with E-state index in [1.54, 1.807) is 0 Å². The third-order valence-corrected chi connectivity index (χ3v) is 8.64. The maximum atomic E-state index is 12.6. The standard InChI is InChI=1S/C41H71N2O6P/c1-6-8-10-11-12-13-14-15-16-17-18-19-20-21-22-23-24-25-26-27-28-29-30-31-33-35-41(45)42-39(40(44)34-32-9-7-2)38-49-50(46,47)48-37-36-43(3,4)5/h8,10,12-13,15-16,18-19,21-22,24-25,27-28,39-40,44H,6-7,9,11,14,17,20,23,26,29-38H2,1-5H3,(H-,42,45,46,47)/p+1/b10-8-,13-12-,16-15-,19-18-,22-21-,25-24-,28-27-. The van der Waals surface area contributed by atoms with Crippen molar-refractivity contribution in [2.75, 3.05) is 40.9 Å². The molecule has 0 aromatic rings. The first-order valence-corrected chi connectivity index (χ1v) is 20.4. The van der Waals surface area contributed by atoms with Gasteiger partial charge in [0.25, 0.3) is 0 Å². The number of likely N-dealkylation sites (N-methyl/N-ethyl adjacent to an activating group) is 1. The Bertz CT molecular complexity index is 1090. The van der Waals surface area contributed by atoms with Crippen molar-refractivity contribution >= 4 is 13.7 Å². The van der Waals surface area contributed by atoms with Crippen LogP contribution >= 0.6 is 7.82 Å². The maximum absolute atomic E-state index is 12.6. The largest absolute Gasteiger partial charge is 0.472 e. The van der Waals surface area contributed by atoms with Gasteiger partial charge in [-0.15, -0.1) is 0 Å². The van der Waals surface area contributed by atoms with Crippen LogP contribution in [-0.2, 0) is 18.4 Å². The van der Waals surface area contributed by atoms with Crippen LogP contribution in [0.15, 0.2) is 85.1 Å². The van der Waals surface area contributed by atoms with Crippen molar-refractivity contribution in [3.05, 3.63) is 85.1 Å². The number of nitrogens with zero attached hydrogens (tertiary/aromatic N) is 1. The number of phosphoric ester groups is 1. The number of rotatable bonds is 32. The average Bonchev–Trinajstić information content (AvgIpc) is 3.06. The van der Waals surface area contributed by atoms with Crippen LogP contribution in [0, 0.1) is 0 Å². The summed E-state index contributed by atoms with van der Waals surface area (Å²) in [4.78, 5) is 22.7. The molecular formula is C41H72N2O6P+. The van der Waals surface area contributed by atoms with Crippen molar-refractivity contribution in [3.8, 4) is 0 Å². The second-order valence-electron chi connectivity index (χ2n) is 13.6. The molecule has 0 radical (unpaired) electrons. The number of hydrogen-bond acceptors (Lipinski definition) is 5. The van der Waals surface area contributed by atoms with Gasteiger partial charge in [0.05, 0.1) is 39.9 Å². The number of allylic oxidation sites excluding steroid dienone is 14. The fraction of sp³-hybridized carbons (Fsp3) is 0.634. The highest BCUT2D eigenvalue weighted by atomic mass is 31.2. The van der Waals surface area contributed by atoms with E-state index in [0.717, 1.165) is 89.9 Å². The Morgan fingerprint density at radius 1 is 0.700 bits per heavy atom. The van der Waals surface area contributed by atoms with Crippen LogP contribution in [0.25, 0.3) is 0 Å². The van der Waals surface area contributed by atoms with Crippen LogP contribution in [0.1, 0.15) is 117 Å². The third kappa shape index (κ3) is 34.1. The molecule has 3 unspecified atom stereocenters. The van der Waals surface area contributed by atoms with Gasteiger partial charge in [-0.05, 0) is 70.6 Å². The molecule has 3 atom stereocenters. The van der Waals surface area contributed by atoms with Gasteiger partial charge in [0, 0.05) is 6.42 Å². The summed E-state index contributed by atoms with van der Waals surface area (Å²) < 4.78 is 23.2. The first-order valence-electron chi connectivity index (χ1n) is 19.0. The van der Waals surface area contributed by atoms with Gasteiger partial charge in [-0.1, -0.05) is 125 Å². The quantitative estimate of drug-likeness (QED) is 0.0277. The number of unbranched alkanes of at least 4 members (excludes halogenated alkanes) is 5. The number of hydrogen-bond donors (Lipinski definition) is 3. The van der Waals surface area contributed by atoms with E-state index < -0.39 is 20.0 Å². The number of aliphatic hydroxyl groups is 1. The molecule has 3 N–H and O–H groups in total. The molecular weight excluding hydrogens is 647 g/mol. The molecule has 0 aromatic carbocycles. The second-order valence-corrected chi connectivity index (χ2v) is 15.0. The lowest BCUT2D eigenvalue weighted by molar-refractivity contribution is -0.870. The summed E-state index contributed by atoms with van der Waals surface area (Å²) >= 11 is 0. The summed E-state index contributed by atoms with van der Waals surface area (Å²) in [6.45, 7) is 4.53. The molecule has 286 valence electrons. The Labute approximate surface area is 306 Å². The minimum absolute atomic E-state index is 0.0606. The number of nitrogens with one attached hydrogen (secondary N) is 1. The maximum Gasteiger partial charge on any atom is 0.472 e. The molecule has 9 heteroatoms. The molecule has 0 heterocycles. The zero-order valence-electron chi connectivity index (χ0n) is 32.1. The van der Waals surface area contributed by atoms with E-state index in [1.807, 2.05) is 21.1 Å². The lowest BCUT2D eigenvalue weighted by Crippen LogP contribution is -2.46. The molecule has 0 saturated heterocycles. The van der Waals surface area contributed by atoms with Crippen LogP contribution in [0.2, 0.25) is 0 Å². The van der Waals surface area contributed by atoms with E-state index in [-0.39, 0.29) is 19.1 Å². The Morgan fingerprint density at radius 2 is 1.20 bits per heavy atom. The molecule has 0 aliphatic heterocycles. The van der Waals surface area contributed by atoms with E-state index in [0.29, 0.717) is 23.9 Å². The van der Waals surface area contributed by atoms with E-state index in [1.165, 1.54) is 0 Å². The molecule has 0 bridgehead atoms. The summed E-state index contributed by atoms with van der Waals surface area (Å²) in [5, 5.41) is 13.5. The van der Waals surface area contributed by atoms with Crippen LogP contribution in [0.4, 0.5) is 0 Å². The SMILES string of the molecule is CC/C=C\C/C=C\C/C=C\C/C=C\C/C=C\C/C=C\C/C=C\CCCCCC(=O)NC(COP(=O)(O)OCC[N+](C)(C)C)C(O)CCCCC. The number of aliphatic hydroxyl groups excluding tert-OH is 1. The highest BCUT2D eigenvalue weighted by Crippen LogP contribution is 2.43. The van der Waals surface area contributed by atoms with E-state index in [9.17, 15) is 19.4 Å². The molecule has 0 saturated carbocycles. The van der Waals surface area contributed by atoms with Crippen molar-refractivity contribution < 1.29 is 32.9 Å². The van der Waals surface area contributed by atoms with Crippen molar-refractivity contribution in [1.82, 2.24) is 5.32 Å². The summed E-state index contributed by atoms with van der Waals surface area (Å²) in [5.41, 5.74) is 0. The second kappa shape index (κ2) is 32.6. The number of carbonyl (C=O) groups excluding carboxylic acids is 1. The average molecular weight is 720 g/mol. The van der Waals surface area contributed by atoms with Crippen molar-refractivity contribution in [2.24, 2.45) is 0 Å². The van der Waals surface area contributed by atoms with Gasteiger partial charge >= 0.3 is 7.82 Å². The molecule has 0 aliphatic carbocycles. The molecule has 50 heavy (non-hydrogen) atoms. The smallest absolute Gasteiger partial charge is 0.391 e. The predicted octanol–water partition coefficient (Wildman–Crippen LogP) is 9.85. The van der Waals surface area contributed by atoms with Gasteiger partial charge in [-0.25, -0.2) is 4.57 Å². The summed E-state index contributed by atoms with van der Waals surface area (Å²) in [7, 11) is 1.56. The molecule has 1 amide bonds. The summed E-state index contributed by atoms with van der Waals surface area (Å²) in [6, 6.07) is -0.779. The lowest BCUT2D eigenvalue weighted by Gasteiger charge is -2.26. The minimum Gasteiger partial charge on any atom is -0.391 e. The van der Waals surface area contributed by atoms with Gasteiger partial charge in [0.15, 0.2) is 0 Å². The fourth-order valence-electron chi connectivity index (χ4n) is 4.61. The Balaban J connectivity index is 4.17. The van der Waals surface area contributed by atoms with Crippen LogP contribution in [0.5, 0.6) is 0 Å². The summed E-state index contributed by atoms with van der Waals surface area (Å²) in [6.07, 6.45) is 44.1. The van der Waals surface area contributed by atoms with Crippen molar-refractivity contribution in [2.45, 2.75) is 129 Å². The van der Waals surface area contributed by atoms with E-state index in [2.05, 4.69) is 104 Å². The Kier molecular flexibility index (Phi) is 31.1. The molecule has 8 nitrogen and oxygen atoms in total. The van der Waals surface area contributed by atoms with Gasteiger partial charge in [0.1, 0.15) is 13.2 Å². The molecule has 0 spiro atoms. The number of phosphoric acid groups is 1. The van der Waals surface area contributed by atoms with E-state index in [4.69, 9.17) is 9.05 Å². The Hall–Kier alpha value is -2.32. The first-order chi connectivity index (χ1) is 24.0. The van der Waals surface area contributed by atoms with Crippen molar-refractivity contribution in [3.63, 3.8) is 0 Å². The van der Waals surface area contributed by atoms with Gasteiger partial charge < -0.3 is 19.8 Å². The zero-order valence-corrected chi connectivity index (χ0v) is 33.0. The first kappa shape index (κ1) is 47.7. The number of amides is 1. The molecule has 0 aromatic heterocycles. The molecule has 0 aliphatic rings. The van der Waals surface area contributed by atoms with Crippen LogP contribution in [-0.4, -0.2) is 73.4 Å². The predicted molar refractivity (Wildman–Crippen MR) is 212 cm³/mol. The Morgan fingerprint density at radius 3 is 1.68 bits per heavy atom. The van der Waals surface area contributed by atoms with Gasteiger partial charge in [-0.2, -0.15) is 0 Å². The van der Waals surface area contributed by atoms with Gasteiger partial charge in [-0.3, -0.25) is 13.8 Å². The van der Waals surface area contributed by atoms with Crippen LogP contribution in [0.3, 0.4) is 0 Å². The zero-order chi connectivity index (χ0) is 37.2. The summed E-state index contributed by atoms with van der Waals surface area (Å²) in [5.74, 6) is -0.194. The van der Waals surface area contributed by atoms with Crippen molar-refractivity contribution in [1.29, 1.82) is 0 Å². The number of carbonyl (C=O) groups is 1. The van der Waals surface area contributed by atoms with E-state index >= 15 is 0 Å². The molecule has 0 rings (SSSR count). The minimum atomic E-state index is -4.30. The fourth-order valence-corrected chi connectivity index (χ4v) is 5.35.